The van der Waals surface area contributed by atoms with Crippen molar-refractivity contribution >= 4 is 17.5 Å². The van der Waals surface area contributed by atoms with Gasteiger partial charge in [-0.15, -0.1) is 0 Å². The first-order chi connectivity index (χ1) is 9.99. The monoisotopic (exact) mass is 307 g/mol. The molecule has 0 heterocycles. The van der Waals surface area contributed by atoms with Crippen LogP contribution in [-0.4, -0.2) is 17.6 Å². The standard InChI is InChI=1S/C16H15ClFNO2/c1-10-6-7-12(14(18)8-10)16(21)19-9-15(20)11-4-2-3-5-13(11)17/h2-8,15,20H,9H2,1H3,(H,19,21). The van der Waals surface area contributed by atoms with E-state index in [-0.39, 0.29) is 12.1 Å². The summed E-state index contributed by atoms with van der Waals surface area (Å²) in [5.74, 6) is -1.15. The van der Waals surface area contributed by atoms with Gasteiger partial charge in [0.05, 0.1) is 11.7 Å². The SMILES string of the molecule is Cc1ccc(C(=O)NCC(O)c2ccccc2Cl)c(F)c1. The first kappa shape index (κ1) is 15.5. The van der Waals surface area contributed by atoms with Crippen molar-refractivity contribution in [2.45, 2.75) is 13.0 Å². The third-order valence-electron chi connectivity index (χ3n) is 3.09. The molecule has 0 saturated carbocycles. The van der Waals surface area contributed by atoms with Crippen LogP contribution in [0.1, 0.15) is 27.6 Å². The quantitative estimate of drug-likeness (QED) is 0.911. The van der Waals surface area contributed by atoms with Crippen LogP contribution in [0, 0.1) is 12.7 Å². The number of nitrogens with one attached hydrogen (secondary N) is 1. The van der Waals surface area contributed by atoms with Crippen LogP contribution in [0.2, 0.25) is 5.02 Å². The van der Waals surface area contributed by atoms with Crippen LogP contribution < -0.4 is 5.32 Å². The molecule has 0 aliphatic rings. The summed E-state index contributed by atoms with van der Waals surface area (Å²) in [7, 11) is 0. The Balaban J connectivity index is 2.02. The number of hydrogen-bond donors (Lipinski definition) is 2. The summed E-state index contributed by atoms with van der Waals surface area (Å²) in [6.07, 6.45) is -0.948. The lowest BCUT2D eigenvalue weighted by Gasteiger charge is -2.14. The maximum absolute atomic E-state index is 13.7. The lowest BCUT2D eigenvalue weighted by molar-refractivity contribution is 0.0912. The Morgan fingerprint density at radius 2 is 2.05 bits per heavy atom. The number of carbonyl (C=O) groups is 1. The van der Waals surface area contributed by atoms with E-state index < -0.39 is 17.8 Å². The van der Waals surface area contributed by atoms with Crippen LogP contribution >= 0.6 is 11.6 Å². The summed E-state index contributed by atoms with van der Waals surface area (Å²) < 4.78 is 13.7. The van der Waals surface area contributed by atoms with Crippen molar-refractivity contribution in [3.63, 3.8) is 0 Å². The van der Waals surface area contributed by atoms with Gasteiger partial charge in [0.2, 0.25) is 0 Å². The predicted molar refractivity (Wildman–Crippen MR) is 79.9 cm³/mol. The molecule has 0 radical (unpaired) electrons. The summed E-state index contributed by atoms with van der Waals surface area (Å²) in [5.41, 5.74) is 1.20. The van der Waals surface area contributed by atoms with E-state index in [1.165, 1.54) is 12.1 Å². The number of aryl methyl sites for hydroxylation is 1. The molecule has 3 nitrogen and oxygen atoms in total. The molecular weight excluding hydrogens is 293 g/mol. The molecule has 0 aliphatic carbocycles. The van der Waals surface area contributed by atoms with Gasteiger partial charge >= 0.3 is 0 Å². The van der Waals surface area contributed by atoms with E-state index in [2.05, 4.69) is 5.32 Å². The third-order valence-corrected chi connectivity index (χ3v) is 3.43. The fourth-order valence-corrected chi connectivity index (χ4v) is 2.21. The highest BCUT2D eigenvalue weighted by Crippen LogP contribution is 2.22. The molecule has 2 aromatic carbocycles. The van der Waals surface area contributed by atoms with Gasteiger partial charge < -0.3 is 10.4 Å². The van der Waals surface area contributed by atoms with Crippen molar-refractivity contribution < 1.29 is 14.3 Å². The zero-order valence-corrected chi connectivity index (χ0v) is 12.2. The van der Waals surface area contributed by atoms with E-state index in [1.807, 2.05) is 0 Å². The van der Waals surface area contributed by atoms with Crippen molar-refractivity contribution in [1.29, 1.82) is 0 Å². The minimum Gasteiger partial charge on any atom is -0.387 e. The lowest BCUT2D eigenvalue weighted by atomic mass is 10.1. The molecule has 1 unspecified atom stereocenters. The number of hydrogen-bond acceptors (Lipinski definition) is 2. The van der Waals surface area contributed by atoms with Gasteiger partial charge in [0.25, 0.3) is 5.91 Å². The molecule has 0 saturated heterocycles. The fraction of sp³-hybridized carbons (Fsp3) is 0.188. The third kappa shape index (κ3) is 3.80. The Morgan fingerprint density at radius 1 is 1.33 bits per heavy atom. The van der Waals surface area contributed by atoms with Crippen molar-refractivity contribution in [3.8, 4) is 0 Å². The Morgan fingerprint density at radius 3 is 2.71 bits per heavy atom. The Bertz CT molecular complexity index is 660. The number of benzene rings is 2. The molecule has 0 fully saturated rings. The maximum atomic E-state index is 13.7. The van der Waals surface area contributed by atoms with Gasteiger partial charge in [-0.1, -0.05) is 35.9 Å². The van der Waals surface area contributed by atoms with Crippen molar-refractivity contribution in [1.82, 2.24) is 5.32 Å². The number of amides is 1. The molecule has 1 amide bonds. The first-order valence-electron chi connectivity index (χ1n) is 6.46. The molecule has 2 rings (SSSR count). The molecule has 1 atom stereocenters. The van der Waals surface area contributed by atoms with Gasteiger partial charge in [0, 0.05) is 17.1 Å². The average Bonchev–Trinajstić information content (AvgIpc) is 2.45. The van der Waals surface area contributed by atoms with Crippen LogP contribution in [0.4, 0.5) is 4.39 Å². The summed E-state index contributed by atoms with van der Waals surface area (Å²) in [5, 5.41) is 12.9. The van der Waals surface area contributed by atoms with Crippen LogP contribution in [0.3, 0.4) is 0 Å². The second kappa shape index (κ2) is 6.70. The van der Waals surface area contributed by atoms with Crippen molar-refractivity contribution in [2.75, 3.05) is 6.54 Å². The van der Waals surface area contributed by atoms with E-state index in [0.717, 1.165) is 5.56 Å². The van der Waals surface area contributed by atoms with E-state index in [9.17, 15) is 14.3 Å². The Hall–Kier alpha value is -1.91. The zero-order valence-electron chi connectivity index (χ0n) is 11.4. The molecule has 21 heavy (non-hydrogen) atoms. The highest BCUT2D eigenvalue weighted by atomic mass is 35.5. The molecule has 0 spiro atoms. The summed E-state index contributed by atoms with van der Waals surface area (Å²) >= 11 is 5.96. The molecule has 0 bridgehead atoms. The second-order valence-electron chi connectivity index (χ2n) is 4.73. The van der Waals surface area contributed by atoms with Gasteiger partial charge in [-0.25, -0.2) is 4.39 Å². The van der Waals surface area contributed by atoms with Crippen molar-refractivity contribution in [2.24, 2.45) is 0 Å². The van der Waals surface area contributed by atoms with Crippen LogP contribution in [0.5, 0.6) is 0 Å². The fourth-order valence-electron chi connectivity index (χ4n) is 1.94. The number of halogens is 2. The van der Waals surface area contributed by atoms with Gasteiger partial charge in [-0.05, 0) is 30.7 Å². The van der Waals surface area contributed by atoms with Crippen LogP contribution in [-0.2, 0) is 0 Å². The largest absolute Gasteiger partial charge is 0.387 e. The normalized spacial score (nSPS) is 12.0. The number of rotatable bonds is 4. The predicted octanol–water partition coefficient (Wildman–Crippen LogP) is 3.25. The summed E-state index contributed by atoms with van der Waals surface area (Å²) in [6.45, 7) is 1.70. The molecular formula is C16H15ClFNO2. The second-order valence-corrected chi connectivity index (χ2v) is 5.14. The van der Waals surface area contributed by atoms with Crippen LogP contribution in [0.15, 0.2) is 42.5 Å². The highest BCUT2D eigenvalue weighted by molar-refractivity contribution is 6.31. The molecule has 0 aromatic heterocycles. The van der Waals surface area contributed by atoms with Gasteiger partial charge in [-0.3, -0.25) is 4.79 Å². The Kier molecular flexibility index (Phi) is 4.94. The summed E-state index contributed by atoms with van der Waals surface area (Å²) in [4.78, 5) is 11.9. The van der Waals surface area contributed by atoms with Crippen LogP contribution in [0.25, 0.3) is 0 Å². The molecule has 2 N–H and O–H groups in total. The Labute approximate surface area is 127 Å². The number of carbonyl (C=O) groups excluding carboxylic acids is 1. The van der Waals surface area contributed by atoms with Gasteiger partial charge in [0.1, 0.15) is 5.82 Å². The van der Waals surface area contributed by atoms with Crippen molar-refractivity contribution in [3.05, 3.63) is 70.0 Å². The van der Waals surface area contributed by atoms with E-state index in [1.54, 1.807) is 37.3 Å². The minimum absolute atomic E-state index is 0.0458. The molecule has 5 heteroatoms. The van der Waals surface area contributed by atoms with E-state index in [0.29, 0.717) is 10.6 Å². The number of aliphatic hydroxyl groups is 1. The first-order valence-corrected chi connectivity index (χ1v) is 6.83. The molecule has 0 aliphatic heterocycles. The van der Waals surface area contributed by atoms with E-state index >= 15 is 0 Å². The highest BCUT2D eigenvalue weighted by Gasteiger charge is 2.15. The smallest absolute Gasteiger partial charge is 0.254 e. The van der Waals surface area contributed by atoms with Gasteiger partial charge in [0.15, 0.2) is 0 Å². The molecule has 110 valence electrons. The maximum Gasteiger partial charge on any atom is 0.254 e. The minimum atomic E-state index is -0.948. The topological polar surface area (TPSA) is 49.3 Å². The van der Waals surface area contributed by atoms with Gasteiger partial charge in [-0.2, -0.15) is 0 Å². The van der Waals surface area contributed by atoms with E-state index in [4.69, 9.17) is 11.6 Å². The average molecular weight is 308 g/mol. The lowest BCUT2D eigenvalue weighted by Crippen LogP contribution is -2.29. The molecule has 2 aromatic rings. The summed E-state index contributed by atoms with van der Waals surface area (Å²) in [6, 6.07) is 11.2. The number of aliphatic hydroxyl groups excluding tert-OH is 1. The zero-order chi connectivity index (χ0) is 15.4.